The number of rotatable bonds is 9. The van der Waals surface area contributed by atoms with Crippen LogP contribution in [0.5, 0.6) is 5.75 Å². The minimum Gasteiger partial charge on any atom is -0.495 e. The molecule has 1 fully saturated rings. The lowest BCUT2D eigenvalue weighted by Gasteiger charge is -2.36. The van der Waals surface area contributed by atoms with E-state index in [2.05, 4.69) is 15.2 Å². The fourth-order valence-corrected chi connectivity index (χ4v) is 5.19. The van der Waals surface area contributed by atoms with Gasteiger partial charge in [-0.25, -0.2) is 4.98 Å². The van der Waals surface area contributed by atoms with Crippen molar-refractivity contribution in [3.8, 4) is 5.75 Å². The maximum atomic E-state index is 13.0. The Bertz CT molecular complexity index is 1300. The number of nitrogens with zero attached hydrogens (tertiary/aromatic N) is 4. The predicted octanol–water partition coefficient (Wildman–Crippen LogP) is 3.84. The number of hydrogen-bond donors (Lipinski definition) is 1. The number of aryl methyl sites for hydroxylation is 1. The van der Waals surface area contributed by atoms with Crippen molar-refractivity contribution in [1.29, 1.82) is 0 Å². The zero-order valence-electron chi connectivity index (χ0n) is 22.8. The highest BCUT2D eigenvalue weighted by atomic mass is 32.1. The second kappa shape index (κ2) is 12.8. The van der Waals surface area contributed by atoms with Crippen LogP contribution in [0.2, 0.25) is 0 Å². The van der Waals surface area contributed by atoms with E-state index in [9.17, 15) is 14.4 Å². The van der Waals surface area contributed by atoms with Crippen LogP contribution >= 0.6 is 11.3 Å². The molecule has 0 bridgehead atoms. The van der Waals surface area contributed by atoms with E-state index in [4.69, 9.17) is 4.74 Å². The molecule has 1 N–H and O–H groups in total. The number of methoxy groups -OCH3 is 1. The van der Waals surface area contributed by atoms with Crippen LogP contribution in [0, 0.1) is 6.92 Å². The molecule has 0 spiro atoms. The summed E-state index contributed by atoms with van der Waals surface area (Å²) in [5.74, 6) is 0.304. The standard InChI is InChI=1S/C29H35N5O4S/c1-20(2)34(28(37)22-11-9-21(3)10-12-22)18-26(35)31-29-30-23(19-39-29)17-27(36)33-15-13-32(14-16-33)24-7-5-6-8-25(24)38-4/h5-12,19-20H,13-18H2,1-4H3,(H,30,31,35). The molecule has 0 saturated carbocycles. The molecule has 2 aromatic carbocycles. The van der Waals surface area contributed by atoms with Gasteiger partial charge in [0.25, 0.3) is 5.91 Å². The van der Waals surface area contributed by atoms with Crippen molar-refractivity contribution in [3.05, 3.63) is 70.7 Å². The number of aromatic nitrogens is 1. The van der Waals surface area contributed by atoms with E-state index in [0.29, 0.717) is 29.5 Å². The van der Waals surface area contributed by atoms with Crippen LogP contribution in [-0.4, -0.2) is 78.4 Å². The maximum absolute atomic E-state index is 13.0. The predicted molar refractivity (Wildman–Crippen MR) is 154 cm³/mol. The van der Waals surface area contributed by atoms with Crippen LogP contribution in [0.25, 0.3) is 0 Å². The zero-order valence-corrected chi connectivity index (χ0v) is 23.7. The Hall–Kier alpha value is -3.92. The number of carbonyl (C=O) groups is 3. The van der Waals surface area contributed by atoms with Crippen molar-refractivity contribution in [3.63, 3.8) is 0 Å². The van der Waals surface area contributed by atoms with Gasteiger partial charge in [-0.05, 0) is 45.0 Å². The second-order valence-electron chi connectivity index (χ2n) is 9.80. The Balaban J connectivity index is 1.28. The summed E-state index contributed by atoms with van der Waals surface area (Å²) in [5, 5.41) is 4.98. The van der Waals surface area contributed by atoms with Crippen LogP contribution < -0.4 is 15.0 Å². The normalized spacial score (nSPS) is 13.4. The molecular weight excluding hydrogens is 514 g/mol. The molecule has 1 aliphatic rings. The quantitative estimate of drug-likeness (QED) is 0.436. The van der Waals surface area contributed by atoms with Gasteiger partial charge >= 0.3 is 0 Å². The molecule has 1 saturated heterocycles. The third kappa shape index (κ3) is 7.14. The van der Waals surface area contributed by atoms with Gasteiger partial charge in [0.2, 0.25) is 11.8 Å². The lowest BCUT2D eigenvalue weighted by Crippen LogP contribution is -2.49. The number of anilines is 2. The average molecular weight is 550 g/mol. The van der Waals surface area contributed by atoms with Gasteiger partial charge in [-0.2, -0.15) is 0 Å². The minimum absolute atomic E-state index is 0.00697. The zero-order chi connectivity index (χ0) is 27.9. The fourth-order valence-electron chi connectivity index (χ4n) is 4.46. The highest BCUT2D eigenvalue weighted by Gasteiger charge is 2.25. The molecule has 0 atom stereocenters. The first kappa shape index (κ1) is 28.1. The van der Waals surface area contributed by atoms with Crippen molar-refractivity contribution >= 4 is 39.9 Å². The number of piperazine rings is 1. The van der Waals surface area contributed by atoms with Crippen LogP contribution in [0.15, 0.2) is 53.9 Å². The lowest BCUT2D eigenvalue weighted by atomic mass is 10.1. The van der Waals surface area contributed by atoms with Crippen molar-refractivity contribution in [1.82, 2.24) is 14.8 Å². The second-order valence-corrected chi connectivity index (χ2v) is 10.7. The Morgan fingerprint density at radius 3 is 2.41 bits per heavy atom. The molecule has 206 valence electrons. The highest BCUT2D eigenvalue weighted by molar-refractivity contribution is 7.13. The topological polar surface area (TPSA) is 95.1 Å². The van der Waals surface area contributed by atoms with Crippen molar-refractivity contribution in [2.75, 3.05) is 50.1 Å². The monoisotopic (exact) mass is 549 g/mol. The molecule has 1 aliphatic heterocycles. The van der Waals surface area contributed by atoms with Gasteiger partial charge in [-0.1, -0.05) is 29.8 Å². The fraction of sp³-hybridized carbons (Fsp3) is 0.379. The number of para-hydroxylation sites is 2. The van der Waals surface area contributed by atoms with Crippen molar-refractivity contribution in [2.24, 2.45) is 0 Å². The third-order valence-electron chi connectivity index (χ3n) is 6.69. The largest absolute Gasteiger partial charge is 0.495 e. The van der Waals surface area contributed by atoms with E-state index in [1.807, 2.05) is 62.1 Å². The Kier molecular flexibility index (Phi) is 9.19. The van der Waals surface area contributed by atoms with Gasteiger partial charge in [-0.3, -0.25) is 14.4 Å². The molecule has 10 heteroatoms. The number of nitrogens with one attached hydrogen (secondary N) is 1. The number of benzene rings is 2. The summed E-state index contributed by atoms with van der Waals surface area (Å²) in [6.45, 7) is 8.30. The van der Waals surface area contributed by atoms with E-state index in [-0.39, 0.29) is 36.7 Å². The summed E-state index contributed by atoms with van der Waals surface area (Å²) in [6.07, 6.45) is 0.172. The molecule has 0 unspecified atom stereocenters. The van der Waals surface area contributed by atoms with Crippen molar-refractivity contribution in [2.45, 2.75) is 33.2 Å². The van der Waals surface area contributed by atoms with Crippen molar-refractivity contribution < 1.29 is 19.1 Å². The first-order valence-electron chi connectivity index (χ1n) is 13.0. The molecule has 3 amide bonds. The van der Waals surface area contributed by atoms with Gasteiger partial charge in [0.1, 0.15) is 12.3 Å². The lowest BCUT2D eigenvalue weighted by molar-refractivity contribution is -0.130. The van der Waals surface area contributed by atoms with Crippen LogP contribution in [0.3, 0.4) is 0 Å². The van der Waals surface area contributed by atoms with Gasteiger partial charge in [-0.15, -0.1) is 11.3 Å². The van der Waals surface area contributed by atoms with E-state index in [1.165, 1.54) is 16.2 Å². The van der Waals surface area contributed by atoms with E-state index in [1.54, 1.807) is 24.6 Å². The number of thiazole rings is 1. The van der Waals surface area contributed by atoms with E-state index in [0.717, 1.165) is 30.1 Å². The number of ether oxygens (including phenoxy) is 1. The maximum Gasteiger partial charge on any atom is 0.254 e. The summed E-state index contributed by atoms with van der Waals surface area (Å²) < 4.78 is 5.47. The summed E-state index contributed by atoms with van der Waals surface area (Å²) in [4.78, 5) is 48.7. The molecule has 0 radical (unpaired) electrons. The summed E-state index contributed by atoms with van der Waals surface area (Å²) >= 11 is 1.27. The summed E-state index contributed by atoms with van der Waals surface area (Å²) in [6, 6.07) is 15.0. The summed E-state index contributed by atoms with van der Waals surface area (Å²) in [7, 11) is 1.66. The van der Waals surface area contributed by atoms with Gasteiger partial charge in [0.05, 0.1) is 24.9 Å². The molecule has 2 heterocycles. The number of amides is 3. The van der Waals surface area contributed by atoms with Crippen LogP contribution in [0.1, 0.15) is 35.5 Å². The number of carbonyl (C=O) groups excluding carboxylic acids is 3. The highest BCUT2D eigenvalue weighted by Crippen LogP contribution is 2.28. The first-order valence-corrected chi connectivity index (χ1v) is 13.9. The average Bonchev–Trinajstić information content (AvgIpc) is 3.37. The Morgan fingerprint density at radius 1 is 1.05 bits per heavy atom. The van der Waals surface area contributed by atoms with E-state index >= 15 is 0 Å². The summed E-state index contributed by atoms with van der Waals surface area (Å²) in [5.41, 5.74) is 3.25. The van der Waals surface area contributed by atoms with Crippen LogP contribution in [-0.2, 0) is 16.0 Å². The van der Waals surface area contributed by atoms with Gasteiger partial charge in [0, 0.05) is 43.2 Å². The smallest absolute Gasteiger partial charge is 0.254 e. The molecule has 9 nitrogen and oxygen atoms in total. The SMILES string of the molecule is COc1ccccc1N1CCN(C(=O)Cc2csc(NC(=O)CN(C(=O)c3ccc(C)cc3)C(C)C)n2)CC1. The molecule has 39 heavy (non-hydrogen) atoms. The Morgan fingerprint density at radius 2 is 1.74 bits per heavy atom. The van der Waals surface area contributed by atoms with Gasteiger partial charge in [0.15, 0.2) is 5.13 Å². The number of hydrogen-bond acceptors (Lipinski definition) is 7. The molecule has 3 aromatic rings. The van der Waals surface area contributed by atoms with Gasteiger partial charge < -0.3 is 24.8 Å². The third-order valence-corrected chi connectivity index (χ3v) is 7.49. The van der Waals surface area contributed by atoms with E-state index < -0.39 is 0 Å². The molecule has 4 rings (SSSR count). The molecular formula is C29H35N5O4S. The first-order chi connectivity index (χ1) is 18.7. The Labute approximate surface area is 233 Å². The minimum atomic E-state index is -0.330. The molecule has 1 aromatic heterocycles. The molecule has 0 aliphatic carbocycles. The van der Waals surface area contributed by atoms with Crippen LogP contribution in [0.4, 0.5) is 10.8 Å².